The van der Waals surface area contributed by atoms with Crippen molar-refractivity contribution in [2.75, 3.05) is 6.61 Å². The van der Waals surface area contributed by atoms with Gasteiger partial charge in [0.2, 0.25) is 5.91 Å². The third kappa shape index (κ3) is 4.54. The van der Waals surface area contributed by atoms with Gasteiger partial charge in [0, 0.05) is 13.2 Å². The van der Waals surface area contributed by atoms with Crippen molar-refractivity contribution in [3.05, 3.63) is 35.4 Å². The molecule has 0 aliphatic rings. The summed E-state index contributed by atoms with van der Waals surface area (Å²) in [6.45, 7) is 5.37. The molecule has 0 saturated carbocycles. The number of hydrogen-bond donors (Lipinski definition) is 2. The fourth-order valence-corrected chi connectivity index (χ4v) is 1.43. The number of amides is 1. The molecule has 1 rings (SSSR count). The predicted molar refractivity (Wildman–Crippen MR) is 67.3 cm³/mol. The van der Waals surface area contributed by atoms with Gasteiger partial charge in [-0.1, -0.05) is 24.3 Å². The number of rotatable bonds is 6. The first-order valence-electron chi connectivity index (χ1n) is 5.83. The summed E-state index contributed by atoms with van der Waals surface area (Å²) in [7, 11) is 0. The van der Waals surface area contributed by atoms with Gasteiger partial charge in [-0.2, -0.15) is 0 Å². The number of ether oxygens (including phenoxy) is 1. The van der Waals surface area contributed by atoms with Crippen molar-refractivity contribution in [3.63, 3.8) is 0 Å². The summed E-state index contributed by atoms with van der Waals surface area (Å²) in [6.07, 6.45) is 0. The first-order chi connectivity index (χ1) is 8.15. The maximum atomic E-state index is 11.4. The van der Waals surface area contributed by atoms with E-state index in [0.717, 1.165) is 11.1 Å². The lowest BCUT2D eigenvalue weighted by Crippen LogP contribution is -2.37. The molecule has 1 amide bonds. The summed E-state index contributed by atoms with van der Waals surface area (Å²) < 4.78 is 5.38. The first kappa shape index (κ1) is 13.7. The van der Waals surface area contributed by atoms with Gasteiger partial charge in [-0.05, 0) is 25.0 Å². The standard InChI is InChI=1S/C13H20N2O2/c1-3-17-9-12-7-5-4-6-11(12)8-15-13(16)10(2)14/h4-7,10H,3,8-9,14H2,1-2H3,(H,15,16). The van der Waals surface area contributed by atoms with E-state index in [9.17, 15) is 4.79 Å². The second kappa shape index (κ2) is 7.04. The number of benzene rings is 1. The van der Waals surface area contributed by atoms with Crippen LogP contribution in [-0.2, 0) is 22.7 Å². The summed E-state index contributed by atoms with van der Waals surface area (Å²) >= 11 is 0. The van der Waals surface area contributed by atoms with Gasteiger partial charge in [0.25, 0.3) is 0 Å². The van der Waals surface area contributed by atoms with Gasteiger partial charge in [0.05, 0.1) is 12.6 Å². The zero-order valence-electron chi connectivity index (χ0n) is 10.4. The fraction of sp³-hybridized carbons (Fsp3) is 0.462. The Balaban J connectivity index is 2.60. The van der Waals surface area contributed by atoms with E-state index in [4.69, 9.17) is 10.5 Å². The van der Waals surface area contributed by atoms with Gasteiger partial charge in [-0.15, -0.1) is 0 Å². The maximum Gasteiger partial charge on any atom is 0.236 e. The van der Waals surface area contributed by atoms with Crippen LogP contribution in [-0.4, -0.2) is 18.6 Å². The molecule has 1 atom stereocenters. The summed E-state index contributed by atoms with van der Waals surface area (Å²) in [5, 5.41) is 2.80. The van der Waals surface area contributed by atoms with Gasteiger partial charge in [0.1, 0.15) is 0 Å². The predicted octanol–water partition coefficient (Wildman–Crippen LogP) is 1.19. The number of hydrogen-bond acceptors (Lipinski definition) is 3. The Morgan fingerprint density at radius 3 is 2.65 bits per heavy atom. The Hall–Kier alpha value is -1.39. The molecule has 0 bridgehead atoms. The Labute approximate surface area is 102 Å². The van der Waals surface area contributed by atoms with Crippen LogP contribution in [0, 0.1) is 0 Å². The van der Waals surface area contributed by atoms with Crippen molar-refractivity contribution in [3.8, 4) is 0 Å². The van der Waals surface area contributed by atoms with E-state index in [-0.39, 0.29) is 5.91 Å². The lowest BCUT2D eigenvalue weighted by molar-refractivity contribution is -0.122. The van der Waals surface area contributed by atoms with Crippen LogP contribution in [0.2, 0.25) is 0 Å². The second-order valence-corrected chi connectivity index (χ2v) is 3.91. The van der Waals surface area contributed by atoms with E-state index in [0.29, 0.717) is 19.8 Å². The van der Waals surface area contributed by atoms with Crippen LogP contribution >= 0.6 is 0 Å². The van der Waals surface area contributed by atoms with E-state index in [2.05, 4.69) is 5.32 Å². The Morgan fingerprint density at radius 1 is 1.41 bits per heavy atom. The van der Waals surface area contributed by atoms with Gasteiger partial charge in [0.15, 0.2) is 0 Å². The maximum absolute atomic E-state index is 11.4. The van der Waals surface area contributed by atoms with Crippen LogP contribution in [0.5, 0.6) is 0 Å². The lowest BCUT2D eigenvalue weighted by Gasteiger charge is -2.11. The molecule has 0 aliphatic carbocycles. The highest BCUT2D eigenvalue weighted by molar-refractivity contribution is 5.80. The molecule has 0 fully saturated rings. The van der Waals surface area contributed by atoms with Crippen molar-refractivity contribution < 1.29 is 9.53 Å². The molecule has 0 heterocycles. The number of carbonyl (C=O) groups excluding carboxylic acids is 1. The minimum absolute atomic E-state index is 0.142. The smallest absolute Gasteiger partial charge is 0.236 e. The van der Waals surface area contributed by atoms with Crippen LogP contribution in [0.25, 0.3) is 0 Å². The second-order valence-electron chi connectivity index (χ2n) is 3.91. The molecule has 0 radical (unpaired) electrons. The fourth-order valence-electron chi connectivity index (χ4n) is 1.43. The highest BCUT2D eigenvalue weighted by Crippen LogP contribution is 2.09. The summed E-state index contributed by atoms with van der Waals surface area (Å²) in [4.78, 5) is 11.4. The normalized spacial score (nSPS) is 12.2. The molecule has 4 heteroatoms. The Bertz CT molecular complexity index is 364. The summed E-state index contributed by atoms with van der Waals surface area (Å²) in [6, 6.07) is 7.42. The minimum atomic E-state index is -0.478. The molecular formula is C13H20N2O2. The number of nitrogens with one attached hydrogen (secondary N) is 1. The van der Waals surface area contributed by atoms with Crippen molar-refractivity contribution in [1.82, 2.24) is 5.32 Å². The van der Waals surface area contributed by atoms with E-state index < -0.39 is 6.04 Å². The van der Waals surface area contributed by atoms with E-state index in [1.807, 2.05) is 31.2 Å². The van der Waals surface area contributed by atoms with Crippen molar-refractivity contribution in [1.29, 1.82) is 0 Å². The van der Waals surface area contributed by atoms with E-state index >= 15 is 0 Å². The molecular weight excluding hydrogens is 216 g/mol. The monoisotopic (exact) mass is 236 g/mol. The average molecular weight is 236 g/mol. The first-order valence-corrected chi connectivity index (χ1v) is 5.83. The molecule has 4 nitrogen and oxygen atoms in total. The molecule has 0 saturated heterocycles. The van der Waals surface area contributed by atoms with Gasteiger partial charge < -0.3 is 15.8 Å². The third-order valence-corrected chi connectivity index (χ3v) is 2.45. The molecule has 3 N–H and O–H groups in total. The topological polar surface area (TPSA) is 64.3 Å². The molecule has 0 aromatic heterocycles. The number of nitrogens with two attached hydrogens (primary N) is 1. The molecule has 1 unspecified atom stereocenters. The van der Waals surface area contributed by atoms with Crippen LogP contribution < -0.4 is 11.1 Å². The van der Waals surface area contributed by atoms with Crippen LogP contribution in [0.4, 0.5) is 0 Å². The largest absolute Gasteiger partial charge is 0.377 e. The van der Waals surface area contributed by atoms with E-state index in [1.165, 1.54) is 0 Å². The zero-order chi connectivity index (χ0) is 12.7. The highest BCUT2D eigenvalue weighted by Gasteiger charge is 2.08. The quantitative estimate of drug-likeness (QED) is 0.779. The number of carbonyl (C=O) groups is 1. The highest BCUT2D eigenvalue weighted by atomic mass is 16.5. The molecule has 17 heavy (non-hydrogen) atoms. The van der Waals surface area contributed by atoms with Crippen LogP contribution in [0.3, 0.4) is 0 Å². The van der Waals surface area contributed by atoms with Gasteiger partial charge in [-0.25, -0.2) is 0 Å². The molecule has 1 aromatic carbocycles. The summed E-state index contributed by atoms with van der Waals surface area (Å²) in [5.74, 6) is -0.142. The van der Waals surface area contributed by atoms with Crippen LogP contribution in [0.1, 0.15) is 25.0 Å². The molecule has 94 valence electrons. The molecule has 1 aromatic rings. The average Bonchev–Trinajstić information content (AvgIpc) is 2.34. The lowest BCUT2D eigenvalue weighted by atomic mass is 10.1. The van der Waals surface area contributed by atoms with Crippen molar-refractivity contribution >= 4 is 5.91 Å². The Morgan fingerprint density at radius 2 is 2.06 bits per heavy atom. The van der Waals surface area contributed by atoms with Gasteiger partial charge in [-0.3, -0.25) is 4.79 Å². The third-order valence-electron chi connectivity index (χ3n) is 2.45. The molecule has 0 spiro atoms. The van der Waals surface area contributed by atoms with Crippen LogP contribution in [0.15, 0.2) is 24.3 Å². The van der Waals surface area contributed by atoms with Crippen molar-refractivity contribution in [2.45, 2.75) is 33.0 Å². The Kier molecular flexibility index (Phi) is 5.66. The van der Waals surface area contributed by atoms with Gasteiger partial charge >= 0.3 is 0 Å². The zero-order valence-corrected chi connectivity index (χ0v) is 10.4. The SMILES string of the molecule is CCOCc1ccccc1CNC(=O)C(C)N. The minimum Gasteiger partial charge on any atom is -0.377 e. The molecule has 0 aliphatic heterocycles. The summed E-state index contributed by atoms with van der Waals surface area (Å²) in [5.41, 5.74) is 7.64. The van der Waals surface area contributed by atoms with E-state index in [1.54, 1.807) is 6.92 Å². The van der Waals surface area contributed by atoms with Crippen molar-refractivity contribution in [2.24, 2.45) is 5.73 Å².